The lowest BCUT2D eigenvalue weighted by atomic mass is 10.1. The summed E-state index contributed by atoms with van der Waals surface area (Å²) in [5.41, 5.74) is 4.17. The van der Waals surface area contributed by atoms with Crippen LogP contribution in [0.2, 0.25) is 0 Å². The monoisotopic (exact) mass is 395 g/mol. The Morgan fingerprint density at radius 1 is 1.10 bits per heavy atom. The molecule has 5 nitrogen and oxygen atoms in total. The number of nitrogens with zero attached hydrogens (tertiary/aromatic N) is 2. The molecule has 0 atom stereocenters. The molecule has 0 spiro atoms. The first kappa shape index (κ1) is 20.7. The molecule has 0 unspecified atom stereocenters. The predicted octanol–water partition coefficient (Wildman–Crippen LogP) is 4.76. The maximum absolute atomic E-state index is 13.0. The third-order valence-electron chi connectivity index (χ3n) is 4.88. The molecule has 152 valence electrons. The smallest absolute Gasteiger partial charge is 0.335 e. The first-order valence-electron chi connectivity index (χ1n) is 9.82. The highest BCUT2D eigenvalue weighted by atomic mass is 19.1. The van der Waals surface area contributed by atoms with Gasteiger partial charge in [-0.2, -0.15) is 5.10 Å². The number of rotatable bonds is 10. The Balaban J connectivity index is 1.37. The van der Waals surface area contributed by atoms with Gasteiger partial charge < -0.3 is 10.0 Å². The van der Waals surface area contributed by atoms with Crippen LogP contribution in [0.1, 0.15) is 40.9 Å². The van der Waals surface area contributed by atoms with E-state index in [4.69, 9.17) is 5.11 Å². The van der Waals surface area contributed by atoms with Crippen LogP contribution in [-0.2, 0) is 13.0 Å². The van der Waals surface area contributed by atoms with E-state index in [0.717, 1.165) is 61.3 Å². The van der Waals surface area contributed by atoms with Gasteiger partial charge in [0.15, 0.2) is 0 Å². The first-order chi connectivity index (χ1) is 14.0. The van der Waals surface area contributed by atoms with Gasteiger partial charge in [0, 0.05) is 17.8 Å². The van der Waals surface area contributed by atoms with Crippen molar-refractivity contribution in [3.63, 3.8) is 0 Å². The molecule has 0 aliphatic carbocycles. The molecular formula is C23H26FN3O2. The van der Waals surface area contributed by atoms with E-state index in [9.17, 15) is 9.18 Å². The number of nitrogens with one attached hydrogen (secondary N) is 1. The van der Waals surface area contributed by atoms with E-state index in [2.05, 4.69) is 22.1 Å². The van der Waals surface area contributed by atoms with Gasteiger partial charge in [0.25, 0.3) is 0 Å². The Kier molecular flexibility index (Phi) is 7.14. The van der Waals surface area contributed by atoms with Crippen LogP contribution in [0.5, 0.6) is 0 Å². The van der Waals surface area contributed by atoms with Gasteiger partial charge in [0.2, 0.25) is 0 Å². The molecular weight excluding hydrogens is 369 g/mol. The van der Waals surface area contributed by atoms with Crippen LogP contribution < -0.4 is 0 Å². The Morgan fingerprint density at radius 3 is 2.66 bits per heavy atom. The summed E-state index contributed by atoms with van der Waals surface area (Å²) >= 11 is 0. The zero-order chi connectivity index (χ0) is 20.6. The number of benzene rings is 2. The molecule has 29 heavy (non-hydrogen) atoms. The lowest BCUT2D eigenvalue weighted by Crippen LogP contribution is -2.19. The molecule has 0 aliphatic rings. The standard InChI is InChI=1S/C23H26FN3O2/c1-27(16-17-6-5-7-19(14-17)23(28)29)13-4-2-3-8-21-15-22(26-25-21)18-9-11-20(24)12-10-18/h5-7,9-12,14-15H,2-4,8,13,16H2,1H3,(H,25,26)(H,28,29). The number of carboxylic acids is 1. The number of aromatic nitrogens is 2. The number of aromatic amines is 1. The predicted molar refractivity (Wildman–Crippen MR) is 111 cm³/mol. The number of unbranched alkanes of at least 4 members (excludes halogenated alkanes) is 2. The van der Waals surface area contributed by atoms with Gasteiger partial charge in [0.05, 0.1) is 11.3 Å². The topological polar surface area (TPSA) is 69.2 Å². The molecule has 0 amide bonds. The van der Waals surface area contributed by atoms with Crippen LogP contribution in [0.3, 0.4) is 0 Å². The molecule has 0 radical (unpaired) electrons. The lowest BCUT2D eigenvalue weighted by Gasteiger charge is -2.16. The van der Waals surface area contributed by atoms with Crippen molar-refractivity contribution in [2.24, 2.45) is 0 Å². The van der Waals surface area contributed by atoms with E-state index in [1.54, 1.807) is 30.3 Å². The second-order valence-corrected chi connectivity index (χ2v) is 7.34. The number of carbonyl (C=O) groups is 1. The quantitative estimate of drug-likeness (QED) is 0.486. The minimum absolute atomic E-state index is 0.246. The van der Waals surface area contributed by atoms with Crippen LogP contribution in [0.15, 0.2) is 54.6 Å². The van der Waals surface area contributed by atoms with Crippen molar-refractivity contribution in [1.29, 1.82) is 0 Å². The van der Waals surface area contributed by atoms with Crippen LogP contribution in [0.25, 0.3) is 11.3 Å². The van der Waals surface area contributed by atoms with Crippen molar-refractivity contribution < 1.29 is 14.3 Å². The number of carboxylic acid groups (broad SMARTS) is 1. The summed E-state index contributed by atoms with van der Waals surface area (Å²) in [5.74, 6) is -1.14. The Hall–Kier alpha value is -2.99. The Bertz CT molecular complexity index is 937. The molecule has 0 saturated heterocycles. The molecule has 2 aromatic carbocycles. The van der Waals surface area contributed by atoms with Crippen LogP contribution >= 0.6 is 0 Å². The third-order valence-corrected chi connectivity index (χ3v) is 4.88. The zero-order valence-corrected chi connectivity index (χ0v) is 16.6. The molecule has 0 saturated carbocycles. The van der Waals surface area contributed by atoms with Gasteiger partial charge in [0.1, 0.15) is 5.82 Å². The fraction of sp³-hybridized carbons (Fsp3) is 0.304. The minimum Gasteiger partial charge on any atom is -0.478 e. The highest BCUT2D eigenvalue weighted by molar-refractivity contribution is 5.87. The van der Waals surface area contributed by atoms with E-state index in [1.807, 2.05) is 12.1 Å². The van der Waals surface area contributed by atoms with Gasteiger partial charge >= 0.3 is 5.97 Å². The van der Waals surface area contributed by atoms with Crippen molar-refractivity contribution in [1.82, 2.24) is 15.1 Å². The summed E-state index contributed by atoms with van der Waals surface area (Å²) in [6.45, 7) is 1.70. The number of aromatic carboxylic acids is 1. The summed E-state index contributed by atoms with van der Waals surface area (Å²) in [4.78, 5) is 13.3. The largest absolute Gasteiger partial charge is 0.478 e. The molecule has 1 aromatic heterocycles. The second-order valence-electron chi connectivity index (χ2n) is 7.34. The Labute approximate surface area is 170 Å². The van der Waals surface area contributed by atoms with E-state index < -0.39 is 5.97 Å². The molecule has 0 fully saturated rings. The fourth-order valence-electron chi connectivity index (χ4n) is 3.33. The maximum atomic E-state index is 13.0. The average molecular weight is 395 g/mol. The summed E-state index contributed by atoms with van der Waals surface area (Å²) in [7, 11) is 2.05. The highest BCUT2D eigenvalue weighted by Gasteiger charge is 2.07. The van der Waals surface area contributed by atoms with Crippen LogP contribution in [0.4, 0.5) is 4.39 Å². The van der Waals surface area contributed by atoms with Crippen LogP contribution in [0, 0.1) is 5.82 Å². The molecule has 1 heterocycles. The minimum atomic E-state index is -0.893. The normalized spacial score (nSPS) is 11.1. The third kappa shape index (κ3) is 6.26. The summed E-state index contributed by atoms with van der Waals surface area (Å²) in [6, 6.07) is 15.5. The zero-order valence-electron chi connectivity index (χ0n) is 16.6. The van der Waals surface area contributed by atoms with Crippen molar-refractivity contribution >= 4 is 5.97 Å². The van der Waals surface area contributed by atoms with Gasteiger partial charge in [-0.25, -0.2) is 9.18 Å². The van der Waals surface area contributed by atoms with Crippen molar-refractivity contribution in [3.05, 3.63) is 77.2 Å². The summed E-state index contributed by atoms with van der Waals surface area (Å²) in [5, 5.41) is 16.5. The summed E-state index contributed by atoms with van der Waals surface area (Å²) in [6.07, 6.45) is 4.17. The first-order valence-corrected chi connectivity index (χ1v) is 9.82. The lowest BCUT2D eigenvalue weighted by molar-refractivity contribution is 0.0696. The average Bonchev–Trinajstić information content (AvgIpc) is 3.17. The van der Waals surface area contributed by atoms with Crippen molar-refractivity contribution in [3.8, 4) is 11.3 Å². The number of H-pyrrole nitrogens is 1. The van der Waals surface area contributed by atoms with Gasteiger partial charge in [-0.1, -0.05) is 18.6 Å². The molecule has 0 aliphatic heterocycles. The molecule has 3 rings (SSSR count). The molecule has 0 bridgehead atoms. The molecule has 6 heteroatoms. The molecule has 2 N–H and O–H groups in total. The SMILES string of the molecule is CN(CCCCCc1cc(-c2ccc(F)cc2)n[nH]1)Cc1cccc(C(=O)O)c1. The number of halogens is 1. The number of hydrogen-bond donors (Lipinski definition) is 2. The highest BCUT2D eigenvalue weighted by Crippen LogP contribution is 2.19. The van der Waals surface area contributed by atoms with E-state index >= 15 is 0 Å². The fourth-order valence-corrected chi connectivity index (χ4v) is 3.33. The van der Waals surface area contributed by atoms with E-state index in [-0.39, 0.29) is 5.82 Å². The van der Waals surface area contributed by atoms with Crippen molar-refractivity contribution in [2.45, 2.75) is 32.2 Å². The summed E-state index contributed by atoms with van der Waals surface area (Å²) < 4.78 is 13.0. The molecule has 3 aromatic rings. The number of aryl methyl sites for hydroxylation is 1. The number of hydrogen-bond acceptors (Lipinski definition) is 3. The second kappa shape index (κ2) is 9.98. The van der Waals surface area contributed by atoms with E-state index in [1.165, 1.54) is 12.1 Å². The van der Waals surface area contributed by atoms with Gasteiger partial charge in [-0.15, -0.1) is 0 Å². The van der Waals surface area contributed by atoms with Gasteiger partial charge in [-0.3, -0.25) is 5.10 Å². The van der Waals surface area contributed by atoms with Gasteiger partial charge in [-0.05, 0) is 80.9 Å². The Morgan fingerprint density at radius 2 is 1.90 bits per heavy atom. The maximum Gasteiger partial charge on any atom is 0.335 e. The van der Waals surface area contributed by atoms with E-state index in [0.29, 0.717) is 5.56 Å². The van der Waals surface area contributed by atoms with Crippen LogP contribution in [-0.4, -0.2) is 39.8 Å². The van der Waals surface area contributed by atoms with Crippen molar-refractivity contribution in [2.75, 3.05) is 13.6 Å².